The van der Waals surface area contributed by atoms with Crippen LogP contribution in [-0.2, 0) is 0 Å². The highest BCUT2D eigenvalue weighted by Crippen LogP contribution is 2.25. The van der Waals surface area contributed by atoms with Gasteiger partial charge >= 0.3 is 6.18 Å². The number of hydrogen-bond acceptors (Lipinski definition) is 3. The summed E-state index contributed by atoms with van der Waals surface area (Å²) in [6.45, 7) is -0.0903. The Balaban J connectivity index is 2.02. The predicted molar refractivity (Wildman–Crippen MR) is 76.4 cm³/mol. The molecule has 122 valence electrons. The van der Waals surface area contributed by atoms with E-state index in [4.69, 9.17) is 16.3 Å². The van der Waals surface area contributed by atoms with Gasteiger partial charge in [0.2, 0.25) is 0 Å². The zero-order valence-electron chi connectivity index (χ0n) is 12.0. The lowest BCUT2D eigenvalue weighted by Gasteiger charge is -2.35. The Morgan fingerprint density at radius 2 is 1.91 bits per heavy atom. The monoisotopic (exact) mass is 336 g/mol. The van der Waals surface area contributed by atoms with Crippen molar-refractivity contribution in [2.45, 2.75) is 6.18 Å². The predicted octanol–water partition coefficient (Wildman–Crippen LogP) is 2.67. The largest absolute Gasteiger partial charge is 0.496 e. The van der Waals surface area contributed by atoms with Gasteiger partial charge < -0.3 is 9.64 Å². The van der Waals surface area contributed by atoms with Crippen molar-refractivity contribution in [3.8, 4) is 5.75 Å². The fourth-order valence-electron chi connectivity index (χ4n) is 2.38. The van der Waals surface area contributed by atoms with Crippen molar-refractivity contribution in [2.24, 2.45) is 0 Å². The number of carbonyl (C=O) groups excluding carboxylic acids is 1. The fraction of sp³-hybridized carbons (Fsp3) is 0.500. The van der Waals surface area contributed by atoms with Crippen LogP contribution >= 0.6 is 11.6 Å². The topological polar surface area (TPSA) is 32.8 Å². The Morgan fingerprint density at radius 3 is 2.45 bits per heavy atom. The summed E-state index contributed by atoms with van der Waals surface area (Å²) < 4.78 is 42.2. The van der Waals surface area contributed by atoms with Gasteiger partial charge in [-0.25, -0.2) is 0 Å². The molecule has 4 nitrogen and oxygen atoms in total. The number of methoxy groups -OCH3 is 1. The molecule has 0 bridgehead atoms. The van der Waals surface area contributed by atoms with Crippen LogP contribution in [0, 0.1) is 0 Å². The summed E-state index contributed by atoms with van der Waals surface area (Å²) in [5.74, 6) is 0.109. The van der Waals surface area contributed by atoms with Crippen molar-refractivity contribution in [1.29, 1.82) is 0 Å². The van der Waals surface area contributed by atoms with Gasteiger partial charge in [-0.2, -0.15) is 13.2 Å². The fourth-order valence-corrected chi connectivity index (χ4v) is 2.55. The van der Waals surface area contributed by atoms with E-state index in [0.29, 0.717) is 16.3 Å². The molecule has 0 radical (unpaired) electrons. The van der Waals surface area contributed by atoms with Crippen LogP contribution in [0.15, 0.2) is 18.2 Å². The first kappa shape index (κ1) is 16.9. The van der Waals surface area contributed by atoms with Crippen LogP contribution in [0.2, 0.25) is 5.02 Å². The molecule has 1 aliphatic rings. The molecule has 1 aromatic rings. The van der Waals surface area contributed by atoms with Crippen molar-refractivity contribution in [3.63, 3.8) is 0 Å². The summed E-state index contributed by atoms with van der Waals surface area (Å²) in [5, 5.41) is 0.403. The lowest BCUT2D eigenvalue weighted by molar-refractivity contribution is -0.148. The highest BCUT2D eigenvalue weighted by molar-refractivity contribution is 6.31. The minimum atomic E-state index is -4.22. The van der Waals surface area contributed by atoms with E-state index >= 15 is 0 Å². The quantitative estimate of drug-likeness (QED) is 0.851. The molecule has 1 fully saturated rings. The maximum atomic E-state index is 12.5. The number of hydrogen-bond donors (Lipinski definition) is 0. The van der Waals surface area contributed by atoms with Crippen molar-refractivity contribution < 1.29 is 22.7 Å². The Bertz CT molecular complexity index is 543. The summed E-state index contributed by atoms with van der Waals surface area (Å²) in [6, 6.07) is 4.71. The summed E-state index contributed by atoms with van der Waals surface area (Å²) in [5.41, 5.74) is 0.319. The molecule has 1 heterocycles. The third kappa shape index (κ3) is 4.27. The van der Waals surface area contributed by atoms with Gasteiger partial charge in [0.1, 0.15) is 5.75 Å². The number of carbonyl (C=O) groups is 1. The first-order valence-corrected chi connectivity index (χ1v) is 7.10. The number of benzene rings is 1. The molecule has 1 saturated heterocycles. The summed E-state index contributed by atoms with van der Waals surface area (Å²) in [7, 11) is 1.45. The van der Waals surface area contributed by atoms with Gasteiger partial charge in [0.05, 0.1) is 19.2 Å². The second kappa shape index (κ2) is 6.75. The van der Waals surface area contributed by atoms with Gasteiger partial charge in [-0.05, 0) is 18.2 Å². The lowest BCUT2D eigenvalue weighted by Crippen LogP contribution is -2.50. The van der Waals surface area contributed by atoms with E-state index in [-0.39, 0.29) is 32.1 Å². The van der Waals surface area contributed by atoms with Gasteiger partial charge in [-0.1, -0.05) is 11.6 Å². The average molecular weight is 337 g/mol. The molecule has 0 unspecified atom stereocenters. The molecule has 1 aromatic carbocycles. The molecule has 0 N–H and O–H groups in total. The highest BCUT2D eigenvalue weighted by Gasteiger charge is 2.33. The Kier molecular flexibility index (Phi) is 5.18. The van der Waals surface area contributed by atoms with Crippen LogP contribution < -0.4 is 4.74 Å². The van der Waals surface area contributed by atoms with Gasteiger partial charge in [0.25, 0.3) is 5.91 Å². The molecule has 0 aromatic heterocycles. The number of piperazine rings is 1. The van der Waals surface area contributed by atoms with Crippen molar-refractivity contribution in [3.05, 3.63) is 28.8 Å². The molecule has 0 saturated carbocycles. The van der Waals surface area contributed by atoms with Gasteiger partial charge in [-0.15, -0.1) is 0 Å². The van der Waals surface area contributed by atoms with Crippen LogP contribution in [0.5, 0.6) is 5.75 Å². The van der Waals surface area contributed by atoms with E-state index in [2.05, 4.69) is 0 Å². The van der Waals surface area contributed by atoms with E-state index in [1.54, 1.807) is 12.1 Å². The van der Waals surface area contributed by atoms with E-state index < -0.39 is 12.7 Å². The third-order valence-corrected chi connectivity index (χ3v) is 3.69. The number of alkyl halides is 3. The zero-order valence-corrected chi connectivity index (χ0v) is 12.7. The third-order valence-electron chi connectivity index (χ3n) is 3.45. The smallest absolute Gasteiger partial charge is 0.401 e. The molecule has 0 atom stereocenters. The molecule has 2 rings (SSSR count). The molecule has 0 aliphatic carbocycles. The second-order valence-corrected chi connectivity index (χ2v) is 5.46. The highest BCUT2D eigenvalue weighted by atomic mass is 35.5. The number of amides is 1. The number of nitrogens with zero attached hydrogens (tertiary/aromatic N) is 2. The van der Waals surface area contributed by atoms with E-state index in [1.165, 1.54) is 23.0 Å². The summed E-state index contributed by atoms with van der Waals surface area (Å²) in [6.07, 6.45) is -4.22. The SMILES string of the molecule is COc1ccc(Cl)cc1C(=O)N1CCN(CC(F)(F)F)CC1. The van der Waals surface area contributed by atoms with Gasteiger partial charge in [0, 0.05) is 31.2 Å². The molecule has 0 spiro atoms. The van der Waals surface area contributed by atoms with Crippen LogP contribution in [0.25, 0.3) is 0 Å². The maximum absolute atomic E-state index is 12.5. The minimum Gasteiger partial charge on any atom is -0.496 e. The summed E-state index contributed by atoms with van der Waals surface area (Å²) in [4.78, 5) is 15.3. The van der Waals surface area contributed by atoms with E-state index in [9.17, 15) is 18.0 Å². The standard InChI is InChI=1S/C14H16ClF3N2O2/c1-22-12-3-2-10(15)8-11(12)13(21)20-6-4-19(5-7-20)9-14(16,17)18/h2-3,8H,4-7,9H2,1H3. The van der Waals surface area contributed by atoms with Gasteiger partial charge in [-0.3, -0.25) is 9.69 Å². The van der Waals surface area contributed by atoms with Gasteiger partial charge in [0.15, 0.2) is 0 Å². The zero-order chi connectivity index (χ0) is 16.3. The molecule has 22 heavy (non-hydrogen) atoms. The number of rotatable bonds is 3. The number of halogens is 4. The first-order valence-electron chi connectivity index (χ1n) is 6.72. The van der Waals surface area contributed by atoms with Crippen molar-refractivity contribution >= 4 is 17.5 Å². The van der Waals surface area contributed by atoms with Crippen LogP contribution in [0.1, 0.15) is 10.4 Å². The Labute approximate surface area is 131 Å². The van der Waals surface area contributed by atoms with Crippen LogP contribution in [0.4, 0.5) is 13.2 Å². The molecule has 8 heteroatoms. The molecular weight excluding hydrogens is 321 g/mol. The van der Waals surface area contributed by atoms with Crippen molar-refractivity contribution in [1.82, 2.24) is 9.80 Å². The van der Waals surface area contributed by atoms with Crippen LogP contribution in [-0.4, -0.2) is 61.7 Å². The second-order valence-electron chi connectivity index (χ2n) is 5.03. The molecule has 1 amide bonds. The number of ether oxygens (including phenoxy) is 1. The van der Waals surface area contributed by atoms with Crippen LogP contribution in [0.3, 0.4) is 0 Å². The molecular formula is C14H16ClF3N2O2. The normalized spacial score (nSPS) is 16.7. The van der Waals surface area contributed by atoms with E-state index in [1.807, 2.05) is 0 Å². The van der Waals surface area contributed by atoms with E-state index in [0.717, 1.165) is 0 Å². The minimum absolute atomic E-state index is 0.189. The molecule has 1 aliphatic heterocycles. The Hall–Kier alpha value is -1.47. The van der Waals surface area contributed by atoms with Crippen molar-refractivity contribution in [2.75, 3.05) is 39.8 Å². The lowest BCUT2D eigenvalue weighted by atomic mass is 10.1. The Morgan fingerprint density at radius 1 is 1.27 bits per heavy atom. The first-order chi connectivity index (χ1) is 10.3. The average Bonchev–Trinajstić information content (AvgIpc) is 2.45. The summed E-state index contributed by atoms with van der Waals surface area (Å²) >= 11 is 5.89. The maximum Gasteiger partial charge on any atom is 0.401 e.